The van der Waals surface area contributed by atoms with Crippen molar-refractivity contribution in [1.29, 1.82) is 0 Å². The first-order valence-electron chi connectivity index (χ1n) is 14.0. The summed E-state index contributed by atoms with van der Waals surface area (Å²) >= 11 is 0. The van der Waals surface area contributed by atoms with Gasteiger partial charge in [-0.2, -0.15) is 0 Å². The molecule has 0 spiro atoms. The van der Waals surface area contributed by atoms with E-state index < -0.39 is 5.60 Å². The minimum Gasteiger partial charge on any atom is -0.444 e. The molecular weight excluding hydrogens is 482 g/mol. The Hall–Kier alpha value is -3.07. The van der Waals surface area contributed by atoms with E-state index in [1.165, 1.54) is 0 Å². The number of rotatable bonds is 4. The van der Waals surface area contributed by atoms with E-state index in [0.29, 0.717) is 24.9 Å². The van der Waals surface area contributed by atoms with Gasteiger partial charge in [-0.3, -0.25) is 15.0 Å². The van der Waals surface area contributed by atoms with Crippen LogP contribution in [0.5, 0.6) is 0 Å². The normalized spacial score (nSPS) is 20.7. The van der Waals surface area contributed by atoms with Crippen LogP contribution in [0.25, 0.3) is 10.9 Å². The van der Waals surface area contributed by atoms with E-state index >= 15 is 0 Å². The molecule has 5 rings (SSSR count). The fourth-order valence-corrected chi connectivity index (χ4v) is 6.15. The second kappa shape index (κ2) is 10.6. The summed E-state index contributed by atoms with van der Waals surface area (Å²) in [6.07, 6.45) is 6.51. The van der Waals surface area contributed by atoms with Crippen molar-refractivity contribution in [1.82, 2.24) is 19.7 Å². The highest BCUT2D eigenvalue weighted by molar-refractivity contribution is 6.10. The first kappa shape index (κ1) is 26.5. The number of urea groups is 1. The summed E-state index contributed by atoms with van der Waals surface area (Å²) in [4.78, 5) is 42.7. The first-order valence-corrected chi connectivity index (χ1v) is 14.0. The Morgan fingerprint density at radius 2 is 1.71 bits per heavy atom. The van der Waals surface area contributed by atoms with Crippen molar-refractivity contribution in [2.24, 2.45) is 5.92 Å². The number of hydrogen-bond donors (Lipinski definition) is 1. The van der Waals surface area contributed by atoms with Gasteiger partial charge in [0.25, 0.3) is 0 Å². The molecule has 9 nitrogen and oxygen atoms in total. The number of likely N-dealkylation sites (tertiary alicyclic amines) is 2. The van der Waals surface area contributed by atoms with E-state index in [4.69, 9.17) is 4.74 Å². The number of ether oxygens (including phenoxy) is 1. The minimum absolute atomic E-state index is 0.191. The molecule has 0 atom stereocenters. The third kappa shape index (κ3) is 5.67. The standard InChI is InChI=1S/C29H41N5O4/c1-20-5-6-24-23(26(20)34-18-12-25(35)30-27(34)36)11-17-33(24)22-9-13-31(14-10-22)19-21-7-15-32(16-8-21)28(37)38-29(2,3)4/h5-6,11,17,21-22H,7-10,12-16,18-19H2,1-4H3,(H,30,35,36). The van der Waals surface area contributed by atoms with Crippen LogP contribution in [0, 0.1) is 12.8 Å². The van der Waals surface area contributed by atoms with Crippen LogP contribution in [-0.4, -0.2) is 77.3 Å². The van der Waals surface area contributed by atoms with Crippen LogP contribution in [0.1, 0.15) is 64.5 Å². The topological polar surface area (TPSA) is 87.1 Å². The number of fused-ring (bicyclic) bond motifs is 1. The smallest absolute Gasteiger partial charge is 0.410 e. The number of aromatic nitrogens is 1. The SMILES string of the molecule is Cc1ccc2c(ccn2C2CCN(CC3CCN(C(=O)OC(C)(C)C)CC3)CC2)c1N1CCC(=O)NC1=O. The molecule has 206 valence electrons. The predicted octanol–water partition coefficient (Wildman–Crippen LogP) is 4.68. The van der Waals surface area contributed by atoms with Crippen molar-refractivity contribution in [3.05, 3.63) is 30.0 Å². The maximum absolute atomic E-state index is 12.6. The average Bonchev–Trinajstić information content (AvgIpc) is 3.29. The Balaban J connectivity index is 1.18. The van der Waals surface area contributed by atoms with Gasteiger partial charge in [0.05, 0.1) is 11.2 Å². The van der Waals surface area contributed by atoms with Crippen LogP contribution in [0.15, 0.2) is 24.4 Å². The Morgan fingerprint density at radius 3 is 2.37 bits per heavy atom. The van der Waals surface area contributed by atoms with E-state index in [0.717, 1.165) is 80.6 Å². The van der Waals surface area contributed by atoms with Crippen LogP contribution >= 0.6 is 0 Å². The molecule has 4 amide bonds. The molecule has 0 aliphatic carbocycles. The fraction of sp³-hybridized carbons (Fsp3) is 0.621. The molecule has 38 heavy (non-hydrogen) atoms. The van der Waals surface area contributed by atoms with E-state index in [1.54, 1.807) is 4.90 Å². The van der Waals surface area contributed by atoms with Crippen molar-refractivity contribution < 1.29 is 19.1 Å². The second-order valence-electron chi connectivity index (χ2n) is 12.1. The van der Waals surface area contributed by atoms with Gasteiger partial charge in [-0.05, 0) is 77.0 Å². The maximum atomic E-state index is 12.6. The number of carbonyl (C=O) groups excluding carboxylic acids is 3. The van der Waals surface area contributed by atoms with Gasteiger partial charge >= 0.3 is 12.1 Å². The predicted molar refractivity (Wildman–Crippen MR) is 147 cm³/mol. The van der Waals surface area contributed by atoms with E-state index in [2.05, 4.69) is 39.2 Å². The molecule has 3 fully saturated rings. The Kier molecular flexibility index (Phi) is 7.40. The third-order valence-electron chi connectivity index (χ3n) is 8.13. The lowest BCUT2D eigenvalue weighted by molar-refractivity contribution is -0.120. The Labute approximate surface area is 225 Å². The third-order valence-corrected chi connectivity index (χ3v) is 8.13. The van der Waals surface area contributed by atoms with Gasteiger partial charge < -0.3 is 19.1 Å². The quantitative estimate of drug-likeness (QED) is 0.629. The van der Waals surface area contributed by atoms with Crippen molar-refractivity contribution in [3.8, 4) is 0 Å². The number of imide groups is 1. The Bertz CT molecular complexity index is 1200. The number of benzene rings is 1. The second-order valence-corrected chi connectivity index (χ2v) is 12.1. The van der Waals surface area contributed by atoms with E-state index in [9.17, 15) is 14.4 Å². The summed E-state index contributed by atoms with van der Waals surface area (Å²) in [5, 5.41) is 3.52. The number of amides is 4. The van der Waals surface area contributed by atoms with Crippen LogP contribution in [-0.2, 0) is 9.53 Å². The molecule has 0 unspecified atom stereocenters. The van der Waals surface area contributed by atoms with Crippen LogP contribution in [0.2, 0.25) is 0 Å². The van der Waals surface area contributed by atoms with Crippen molar-refractivity contribution in [2.75, 3.05) is 44.2 Å². The summed E-state index contributed by atoms with van der Waals surface area (Å²) in [6, 6.07) is 6.44. The lowest BCUT2D eigenvalue weighted by atomic mass is 9.95. The first-order chi connectivity index (χ1) is 18.1. The summed E-state index contributed by atoms with van der Waals surface area (Å²) in [6.45, 7) is 12.9. The molecular formula is C29H41N5O4. The number of carbonyl (C=O) groups is 3. The summed E-state index contributed by atoms with van der Waals surface area (Å²) in [5.41, 5.74) is 2.63. The molecule has 0 saturated carbocycles. The highest BCUT2D eigenvalue weighted by Gasteiger charge is 2.30. The zero-order chi connectivity index (χ0) is 27.0. The molecule has 0 radical (unpaired) electrons. The number of nitrogens with one attached hydrogen (secondary N) is 1. The van der Waals surface area contributed by atoms with Gasteiger partial charge in [0.2, 0.25) is 5.91 Å². The average molecular weight is 524 g/mol. The fourth-order valence-electron chi connectivity index (χ4n) is 6.15. The zero-order valence-corrected chi connectivity index (χ0v) is 23.2. The summed E-state index contributed by atoms with van der Waals surface area (Å²) in [5.74, 6) is 0.403. The van der Waals surface area contributed by atoms with Gasteiger partial charge in [-0.1, -0.05) is 6.07 Å². The monoisotopic (exact) mass is 523 g/mol. The van der Waals surface area contributed by atoms with E-state index in [-0.39, 0.29) is 18.0 Å². The minimum atomic E-state index is -0.452. The Morgan fingerprint density at radius 1 is 1.00 bits per heavy atom. The van der Waals surface area contributed by atoms with Crippen LogP contribution < -0.4 is 10.2 Å². The van der Waals surface area contributed by atoms with Crippen molar-refractivity contribution >= 4 is 34.6 Å². The van der Waals surface area contributed by atoms with Gasteiger partial charge in [-0.15, -0.1) is 0 Å². The molecule has 2 aromatic rings. The van der Waals surface area contributed by atoms with Gasteiger partial charge in [0.15, 0.2) is 0 Å². The van der Waals surface area contributed by atoms with Crippen LogP contribution in [0.3, 0.4) is 0 Å². The molecule has 3 aliphatic heterocycles. The summed E-state index contributed by atoms with van der Waals surface area (Å²) < 4.78 is 7.91. The van der Waals surface area contributed by atoms with Gasteiger partial charge in [0.1, 0.15) is 5.60 Å². The zero-order valence-electron chi connectivity index (χ0n) is 23.2. The molecule has 3 aliphatic rings. The number of hydrogen-bond acceptors (Lipinski definition) is 5. The maximum Gasteiger partial charge on any atom is 0.410 e. The van der Waals surface area contributed by atoms with Crippen LogP contribution in [0.4, 0.5) is 15.3 Å². The molecule has 3 saturated heterocycles. The highest BCUT2D eigenvalue weighted by Crippen LogP contribution is 2.36. The largest absolute Gasteiger partial charge is 0.444 e. The van der Waals surface area contributed by atoms with Crippen molar-refractivity contribution in [2.45, 2.75) is 71.4 Å². The molecule has 0 bridgehead atoms. The molecule has 9 heteroatoms. The molecule has 1 aromatic heterocycles. The highest BCUT2D eigenvalue weighted by atomic mass is 16.6. The van der Waals surface area contributed by atoms with Gasteiger partial charge in [0, 0.05) is 63.3 Å². The van der Waals surface area contributed by atoms with E-state index in [1.807, 2.05) is 32.6 Å². The number of piperidine rings is 2. The van der Waals surface area contributed by atoms with Gasteiger partial charge in [-0.25, -0.2) is 9.59 Å². The lowest BCUT2D eigenvalue weighted by Crippen LogP contribution is -2.49. The lowest BCUT2D eigenvalue weighted by Gasteiger charge is -2.38. The molecule has 1 N–H and O–H groups in total. The van der Waals surface area contributed by atoms with Crippen molar-refractivity contribution in [3.63, 3.8) is 0 Å². The summed E-state index contributed by atoms with van der Waals surface area (Å²) in [7, 11) is 0. The molecule has 1 aromatic carbocycles. The molecule has 4 heterocycles. The number of anilines is 1. The number of nitrogens with zero attached hydrogens (tertiary/aromatic N) is 4. The number of aryl methyl sites for hydroxylation is 1.